The van der Waals surface area contributed by atoms with E-state index < -0.39 is 31.1 Å². The van der Waals surface area contributed by atoms with E-state index in [4.69, 9.17) is 27.2 Å². The third-order valence-electron chi connectivity index (χ3n) is 3.35. The Kier molecular flexibility index (Phi) is 3.27. The van der Waals surface area contributed by atoms with E-state index in [-0.39, 0.29) is 11.0 Å². The zero-order valence-electron chi connectivity index (χ0n) is 10.2. The summed E-state index contributed by atoms with van der Waals surface area (Å²) in [6.45, 7) is -0.397. The molecule has 0 radical (unpaired) electrons. The molecule has 5 N–H and O–H groups in total. The van der Waals surface area contributed by atoms with Crippen LogP contribution in [-0.4, -0.2) is 54.8 Å². The normalized spacial score (nSPS) is 30.2. The SMILES string of the molecule is Nc1nc(Cl)cc2c1ncn2C1O[C@H](CO)[C@@H](O)[C@H]1O. The molecule has 1 saturated heterocycles. The number of aliphatic hydroxyl groups is 3. The van der Waals surface area contributed by atoms with E-state index in [1.54, 1.807) is 0 Å². The zero-order valence-corrected chi connectivity index (χ0v) is 11.0. The predicted molar refractivity (Wildman–Crippen MR) is 70.0 cm³/mol. The molecule has 0 amide bonds. The highest BCUT2D eigenvalue weighted by molar-refractivity contribution is 6.30. The van der Waals surface area contributed by atoms with Gasteiger partial charge in [0.25, 0.3) is 0 Å². The summed E-state index contributed by atoms with van der Waals surface area (Å²) in [7, 11) is 0. The first-order valence-corrected chi connectivity index (χ1v) is 6.31. The van der Waals surface area contributed by atoms with Crippen molar-refractivity contribution in [3.05, 3.63) is 17.5 Å². The highest BCUT2D eigenvalue weighted by atomic mass is 35.5. The lowest BCUT2D eigenvalue weighted by molar-refractivity contribution is -0.0508. The highest BCUT2D eigenvalue weighted by Crippen LogP contribution is 2.33. The van der Waals surface area contributed by atoms with Crippen molar-refractivity contribution in [3.8, 4) is 0 Å². The molecule has 0 aliphatic carbocycles. The Morgan fingerprint density at radius 1 is 1.40 bits per heavy atom. The van der Waals surface area contributed by atoms with Crippen molar-refractivity contribution < 1.29 is 20.1 Å². The molecule has 0 aromatic carbocycles. The molecule has 0 saturated carbocycles. The molecule has 8 nitrogen and oxygen atoms in total. The molecule has 1 aliphatic heterocycles. The Balaban J connectivity index is 2.07. The number of pyridine rings is 1. The Morgan fingerprint density at radius 2 is 2.15 bits per heavy atom. The summed E-state index contributed by atoms with van der Waals surface area (Å²) < 4.78 is 6.94. The van der Waals surface area contributed by atoms with Crippen LogP contribution in [0.1, 0.15) is 6.23 Å². The monoisotopic (exact) mass is 300 g/mol. The summed E-state index contributed by atoms with van der Waals surface area (Å²) in [5.41, 5.74) is 6.67. The average Bonchev–Trinajstić information content (AvgIpc) is 2.93. The van der Waals surface area contributed by atoms with Crippen molar-refractivity contribution >= 4 is 28.5 Å². The van der Waals surface area contributed by atoms with Gasteiger partial charge < -0.3 is 30.4 Å². The molecule has 3 heterocycles. The van der Waals surface area contributed by atoms with Crippen LogP contribution in [0.3, 0.4) is 0 Å². The van der Waals surface area contributed by atoms with Crippen LogP contribution in [0, 0.1) is 0 Å². The van der Waals surface area contributed by atoms with Crippen LogP contribution in [0.15, 0.2) is 12.4 Å². The minimum absolute atomic E-state index is 0.165. The van der Waals surface area contributed by atoms with Gasteiger partial charge in [0.1, 0.15) is 29.0 Å². The standard InChI is InChI=1S/C11H13ClN4O4/c12-6-1-4-7(10(13)15-6)14-3-16(4)11-9(19)8(18)5(2-17)20-11/h1,3,5,8-9,11,17-19H,2H2,(H2,13,15)/t5-,8-,9-,11?/m1/s1. The van der Waals surface area contributed by atoms with Gasteiger partial charge in [-0.05, 0) is 0 Å². The number of halogens is 1. The van der Waals surface area contributed by atoms with E-state index in [0.717, 1.165) is 0 Å². The van der Waals surface area contributed by atoms with E-state index in [9.17, 15) is 10.2 Å². The van der Waals surface area contributed by atoms with Crippen LogP contribution in [0.4, 0.5) is 5.82 Å². The Hall–Kier alpha value is -1.45. The largest absolute Gasteiger partial charge is 0.394 e. The van der Waals surface area contributed by atoms with Crippen LogP contribution in [0.25, 0.3) is 11.0 Å². The summed E-state index contributed by atoms with van der Waals surface area (Å²) in [6, 6.07) is 1.54. The van der Waals surface area contributed by atoms with Crippen LogP contribution in [0.2, 0.25) is 5.15 Å². The molecule has 1 aliphatic rings. The predicted octanol–water partition coefficient (Wildman–Crippen LogP) is -0.722. The molecule has 2 aromatic rings. The number of rotatable bonds is 2. The summed E-state index contributed by atoms with van der Waals surface area (Å²) in [5, 5.41) is 29.1. The maximum absolute atomic E-state index is 10.0. The summed E-state index contributed by atoms with van der Waals surface area (Å²) >= 11 is 5.86. The first-order chi connectivity index (χ1) is 9.52. The Morgan fingerprint density at radius 3 is 2.80 bits per heavy atom. The second-order valence-electron chi connectivity index (χ2n) is 4.58. The molecule has 4 atom stereocenters. The minimum atomic E-state index is -1.20. The van der Waals surface area contributed by atoms with Gasteiger partial charge in [0.05, 0.1) is 18.5 Å². The number of nitrogen functional groups attached to an aromatic ring is 1. The molecule has 0 bridgehead atoms. The smallest absolute Gasteiger partial charge is 0.164 e. The van der Waals surface area contributed by atoms with Gasteiger partial charge in [-0.25, -0.2) is 9.97 Å². The molecule has 3 rings (SSSR count). The van der Waals surface area contributed by atoms with Crippen molar-refractivity contribution in [2.75, 3.05) is 12.3 Å². The maximum atomic E-state index is 10.0. The van der Waals surface area contributed by atoms with E-state index in [0.29, 0.717) is 11.0 Å². The molecule has 1 fully saturated rings. The Bertz CT molecular complexity index is 649. The molecule has 9 heteroatoms. The number of hydrogen-bond donors (Lipinski definition) is 4. The molecule has 108 valence electrons. The number of fused-ring (bicyclic) bond motifs is 1. The number of anilines is 1. The number of imidazole rings is 1. The molecule has 20 heavy (non-hydrogen) atoms. The van der Waals surface area contributed by atoms with E-state index >= 15 is 0 Å². The minimum Gasteiger partial charge on any atom is -0.394 e. The van der Waals surface area contributed by atoms with Gasteiger partial charge in [-0.15, -0.1) is 0 Å². The lowest BCUT2D eigenvalue weighted by atomic mass is 10.1. The number of aromatic nitrogens is 3. The average molecular weight is 301 g/mol. The van der Waals surface area contributed by atoms with Gasteiger partial charge in [0, 0.05) is 6.07 Å². The van der Waals surface area contributed by atoms with Crippen LogP contribution >= 0.6 is 11.6 Å². The van der Waals surface area contributed by atoms with Crippen molar-refractivity contribution in [2.45, 2.75) is 24.5 Å². The van der Waals surface area contributed by atoms with Gasteiger partial charge >= 0.3 is 0 Å². The number of hydrogen-bond acceptors (Lipinski definition) is 7. The van der Waals surface area contributed by atoms with Gasteiger partial charge in [-0.1, -0.05) is 11.6 Å². The lowest BCUT2D eigenvalue weighted by Gasteiger charge is -2.17. The molecular formula is C11H13ClN4O4. The fraction of sp³-hybridized carbons (Fsp3) is 0.455. The van der Waals surface area contributed by atoms with Crippen molar-refractivity contribution in [2.24, 2.45) is 0 Å². The number of ether oxygens (including phenoxy) is 1. The first-order valence-electron chi connectivity index (χ1n) is 5.94. The maximum Gasteiger partial charge on any atom is 0.164 e. The Labute approximate surface area is 118 Å². The molecular weight excluding hydrogens is 288 g/mol. The van der Waals surface area contributed by atoms with E-state index in [1.807, 2.05) is 0 Å². The quantitative estimate of drug-likeness (QED) is 0.539. The number of nitrogens with zero attached hydrogens (tertiary/aromatic N) is 3. The third-order valence-corrected chi connectivity index (χ3v) is 3.54. The highest BCUT2D eigenvalue weighted by Gasteiger charge is 2.43. The van der Waals surface area contributed by atoms with Gasteiger partial charge in [-0.3, -0.25) is 0 Å². The summed E-state index contributed by atoms with van der Waals surface area (Å²) in [5.74, 6) is 0.165. The van der Waals surface area contributed by atoms with Crippen molar-refractivity contribution in [3.63, 3.8) is 0 Å². The van der Waals surface area contributed by atoms with E-state index in [2.05, 4.69) is 9.97 Å². The molecule has 1 unspecified atom stereocenters. The van der Waals surface area contributed by atoms with Crippen molar-refractivity contribution in [1.82, 2.24) is 14.5 Å². The zero-order chi connectivity index (χ0) is 14.4. The van der Waals surface area contributed by atoms with E-state index in [1.165, 1.54) is 17.0 Å². The van der Waals surface area contributed by atoms with Gasteiger partial charge in [-0.2, -0.15) is 0 Å². The van der Waals surface area contributed by atoms with Gasteiger partial charge in [0.2, 0.25) is 0 Å². The van der Waals surface area contributed by atoms with Crippen molar-refractivity contribution in [1.29, 1.82) is 0 Å². The third kappa shape index (κ3) is 1.93. The molecule has 2 aromatic heterocycles. The second-order valence-corrected chi connectivity index (χ2v) is 4.97. The lowest BCUT2D eigenvalue weighted by Crippen LogP contribution is -2.33. The topological polar surface area (TPSA) is 127 Å². The number of aliphatic hydroxyl groups excluding tert-OH is 3. The first kappa shape index (κ1) is 13.5. The van der Waals surface area contributed by atoms with Crippen LogP contribution < -0.4 is 5.73 Å². The molecule has 0 spiro atoms. The fourth-order valence-corrected chi connectivity index (χ4v) is 2.53. The fourth-order valence-electron chi connectivity index (χ4n) is 2.34. The summed E-state index contributed by atoms with van der Waals surface area (Å²) in [4.78, 5) is 7.98. The van der Waals surface area contributed by atoms with Crippen LogP contribution in [-0.2, 0) is 4.74 Å². The number of nitrogens with two attached hydrogens (primary N) is 1. The second kappa shape index (κ2) is 4.83. The summed E-state index contributed by atoms with van der Waals surface area (Å²) in [6.07, 6.45) is -2.71. The van der Waals surface area contributed by atoms with Gasteiger partial charge in [0.15, 0.2) is 12.0 Å². The van der Waals surface area contributed by atoms with Crippen LogP contribution in [0.5, 0.6) is 0 Å².